The lowest BCUT2D eigenvalue weighted by molar-refractivity contribution is 0.00694. The molecule has 0 saturated heterocycles. The van der Waals surface area contributed by atoms with E-state index in [1.54, 1.807) is 21.5 Å². The minimum Gasteiger partial charge on any atom is -0.456 e. The van der Waals surface area contributed by atoms with Gasteiger partial charge in [0.25, 0.3) is 0 Å². The third kappa shape index (κ3) is 6.07. The standard InChI is InChI=1S/C33H32N10O2/c1-33(2,3)45-32(44)25-16-26(42-19-28(38-40-42)21-4-8-23(9-5-21)30-34-12-13-35-30)18-27(17-25)43-20-29(39-41-43)22-6-10-24(11-7-22)31-36-14-15-37-31/h4-11,16-20H,12-15H2,1-3H3,(H,34,35)(H,36,37). The number of benzene rings is 3. The van der Waals surface area contributed by atoms with Gasteiger partial charge in [0.05, 0.1) is 42.4 Å². The number of aromatic nitrogens is 6. The summed E-state index contributed by atoms with van der Waals surface area (Å²) in [6.45, 7) is 8.79. The molecule has 0 amide bonds. The Bertz CT molecular complexity index is 1810. The van der Waals surface area contributed by atoms with Gasteiger partial charge in [-0.15, -0.1) is 10.2 Å². The first-order valence-electron chi connectivity index (χ1n) is 14.8. The maximum Gasteiger partial charge on any atom is 0.338 e. The molecule has 5 aromatic rings. The van der Waals surface area contributed by atoms with E-state index >= 15 is 0 Å². The Morgan fingerprint density at radius 3 is 1.53 bits per heavy atom. The van der Waals surface area contributed by atoms with Gasteiger partial charge in [-0.05, 0) is 39.0 Å². The largest absolute Gasteiger partial charge is 0.456 e. The van der Waals surface area contributed by atoms with Crippen molar-refractivity contribution in [3.8, 4) is 33.9 Å². The van der Waals surface area contributed by atoms with Gasteiger partial charge in [-0.1, -0.05) is 59.0 Å². The van der Waals surface area contributed by atoms with Crippen LogP contribution in [0, 0.1) is 0 Å². The van der Waals surface area contributed by atoms with Crippen LogP contribution in [0.15, 0.2) is 89.1 Å². The number of rotatable bonds is 7. The van der Waals surface area contributed by atoms with Crippen molar-refractivity contribution in [1.82, 2.24) is 40.6 Å². The van der Waals surface area contributed by atoms with Crippen molar-refractivity contribution in [3.63, 3.8) is 0 Å². The number of esters is 1. The number of aliphatic imine (C=N–C) groups is 2. The van der Waals surface area contributed by atoms with Crippen LogP contribution >= 0.6 is 0 Å². The first-order chi connectivity index (χ1) is 21.8. The lowest BCUT2D eigenvalue weighted by atomic mass is 10.1. The van der Waals surface area contributed by atoms with Crippen LogP contribution in [0.4, 0.5) is 0 Å². The number of hydrogen-bond acceptors (Lipinski definition) is 10. The molecule has 12 heteroatoms. The highest BCUT2D eigenvalue weighted by Crippen LogP contribution is 2.25. The summed E-state index contributed by atoms with van der Waals surface area (Å²) < 4.78 is 8.98. The monoisotopic (exact) mass is 600 g/mol. The van der Waals surface area contributed by atoms with E-state index in [1.807, 2.05) is 87.8 Å². The fourth-order valence-electron chi connectivity index (χ4n) is 5.14. The van der Waals surface area contributed by atoms with Gasteiger partial charge in [-0.3, -0.25) is 9.98 Å². The normalized spacial score (nSPS) is 14.5. The van der Waals surface area contributed by atoms with Crippen LogP contribution in [0.3, 0.4) is 0 Å². The summed E-state index contributed by atoms with van der Waals surface area (Å²) in [6.07, 6.45) is 3.66. The van der Waals surface area contributed by atoms with Crippen LogP contribution in [-0.4, -0.2) is 79.4 Å². The number of nitrogens with one attached hydrogen (secondary N) is 2. The van der Waals surface area contributed by atoms with E-state index in [-0.39, 0.29) is 0 Å². The SMILES string of the molecule is CC(C)(C)OC(=O)c1cc(-n2cc(-c3ccc(C4=NCCN4)cc3)nn2)cc(-n2cc(-c3ccc(C4=NCCN4)cc3)nn2)c1. The molecule has 0 unspecified atom stereocenters. The number of carbonyl (C=O) groups excluding carboxylic acids is 1. The second kappa shape index (κ2) is 11.5. The number of carbonyl (C=O) groups is 1. The molecule has 2 aliphatic heterocycles. The Hall–Kier alpha value is -5.65. The zero-order valence-electron chi connectivity index (χ0n) is 25.2. The van der Waals surface area contributed by atoms with Gasteiger partial charge >= 0.3 is 5.97 Å². The zero-order chi connectivity index (χ0) is 31.0. The number of nitrogens with zero attached hydrogens (tertiary/aromatic N) is 8. The first kappa shape index (κ1) is 28.1. The molecule has 0 aliphatic carbocycles. The quantitative estimate of drug-likeness (QED) is 0.269. The first-order valence-corrected chi connectivity index (χ1v) is 14.8. The van der Waals surface area contributed by atoms with Gasteiger partial charge in [0, 0.05) is 35.3 Å². The molecule has 2 aromatic heterocycles. The maximum atomic E-state index is 13.2. The molecule has 0 fully saturated rings. The van der Waals surface area contributed by atoms with Crippen molar-refractivity contribution in [2.75, 3.05) is 26.2 Å². The highest BCUT2D eigenvalue weighted by Gasteiger charge is 2.21. The van der Waals surface area contributed by atoms with Gasteiger partial charge < -0.3 is 15.4 Å². The van der Waals surface area contributed by atoms with Crippen LogP contribution in [0.1, 0.15) is 42.3 Å². The molecule has 2 N–H and O–H groups in total. The van der Waals surface area contributed by atoms with E-state index < -0.39 is 11.6 Å². The Morgan fingerprint density at radius 1 is 0.689 bits per heavy atom. The lowest BCUT2D eigenvalue weighted by Crippen LogP contribution is -2.24. The minimum atomic E-state index is -0.661. The molecule has 0 spiro atoms. The number of ether oxygens (including phenoxy) is 1. The molecule has 0 saturated carbocycles. The third-order valence-corrected chi connectivity index (χ3v) is 7.31. The Kier molecular flexibility index (Phi) is 7.16. The highest BCUT2D eigenvalue weighted by molar-refractivity contribution is 6.00. The topological polar surface area (TPSA) is 136 Å². The van der Waals surface area contributed by atoms with Crippen molar-refractivity contribution in [2.45, 2.75) is 26.4 Å². The fourth-order valence-corrected chi connectivity index (χ4v) is 5.14. The molecule has 4 heterocycles. The van der Waals surface area contributed by atoms with Gasteiger partial charge in [0.1, 0.15) is 28.7 Å². The second-order valence-electron chi connectivity index (χ2n) is 11.8. The van der Waals surface area contributed by atoms with Crippen LogP contribution < -0.4 is 10.6 Å². The van der Waals surface area contributed by atoms with Gasteiger partial charge in [-0.2, -0.15) is 0 Å². The lowest BCUT2D eigenvalue weighted by Gasteiger charge is -2.20. The third-order valence-electron chi connectivity index (χ3n) is 7.31. The van der Waals surface area contributed by atoms with Crippen molar-refractivity contribution < 1.29 is 9.53 Å². The highest BCUT2D eigenvalue weighted by atomic mass is 16.6. The Morgan fingerprint density at radius 2 is 1.13 bits per heavy atom. The van der Waals surface area contributed by atoms with E-state index in [9.17, 15) is 4.79 Å². The van der Waals surface area contributed by atoms with E-state index in [0.29, 0.717) is 28.3 Å². The summed E-state index contributed by atoms with van der Waals surface area (Å²) in [5.41, 5.74) is 6.21. The molecular formula is C33H32N10O2. The molecule has 3 aromatic carbocycles. The summed E-state index contributed by atoms with van der Waals surface area (Å²) in [7, 11) is 0. The van der Waals surface area contributed by atoms with E-state index in [2.05, 4.69) is 41.2 Å². The number of amidine groups is 2. The summed E-state index contributed by atoms with van der Waals surface area (Å²) >= 11 is 0. The molecular weight excluding hydrogens is 568 g/mol. The molecule has 7 rings (SSSR count). The molecule has 0 bridgehead atoms. The summed E-state index contributed by atoms with van der Waals surface area (Å²) in [4.78, 5) is 22.2. The van der Waals surface area contributed by atoms with E-state index in [0.717, 1.165) is 60.1 Å². The molecule has 2 aliphatic rings. The molecule has 12 nitrogen and oxygen atoms in total. The zero-order valence-corrected chi connectivity index (χ0v) is 25.2. The van der Waals surface area contributed by atoms with Crippen molar-refractivity contribution in [2.24, 2.45) is 9.98 Å². The average molecular weight is 601 g/mol. The van der Waals surface area contributed by atoms with Crippen molar-refractivity contribution in [3.05, 3.63) is 95.8 Å². The number of hydrogen-bond donors (Lipinski definition) is 2. The average Bonchev–Trinajstić information content (AvgIpc) is 3.88. The van der Waals surface area contributed by atoms with Crippen LogP contribution in [0.25, 0.3) is 33.9 Å². The van der Waals surface area contributed by atoms with E-state index in [4.69, 9.17) is 4.74 Å². The Balaban J connectivity index is 1.20. The van der Waals surface area contributed by atoms with Crippen LogP contribution in [-0.2, 0) is 4.74 Å². The maximum absolute atomic E-state index is 13.2. The molecule has 45 heavy (non-hydrogen) atoms. The van der Waals surface area contributed by atoms with E-state index in [1.165, 1.54) is 0 Å². The smallest absolute Gasteiger partial charge is 0.338 e. The second-order valence-corrected chi connectivity index (χ2v) is 11.8. The molecule has 0 atom stereocenters. The summed E-state index contributed by atoms with van der Waals surface area (Å²) in [6, 6.07) is 21.4. The fraction of sp³-hybridized carbons (Fsp3) is 0.242. The van der Waals surface area contributed by atoms with Crippen LogP contribution in [0.2, 0.25) is 0 Å². The van der Waals surface area contributed by atoms with Gasteiger partial charge in [0.15, 0.2) is 0 Å². The predicted molar refractivity (Wildman–Crippen MR) is 171 cm³/mol. The minimum absolute atomic E-state index is 0.356. The Labute approximate surface area is 259 Å². The van der Waals surface area contributed by atoms with Gasteiger partial charge in [0.2, 0.25) is 0 Å². The van der Waals surface area contributed by atoms with Crippen molar-refractivity contribution >= 4 is 17.6 Å². The predicted octanol–water partition coefficient (Wildman–Crippen LogP) is 3.84. The summed E-state index contributed by atoms with van der Waals surface area (Å²) in [5, 5.41) is 24.2. The molecule has 226 valence electrons. The van der Waals surface area contributed by atoms with Gasteiger partial charge in [-0.25, -0.2) is 14.2 Å². The molecule has 0 radical (unpaired) electrons. The summed E-state index contributed by atoms with van der Waals surface area (Å²) in [5.74, 6) is 1.35. The van der Waals surface area contributed by atoms with Crippen LogP contribution in [0.5, 0.6) is 0 Å². The van der Waals surface area contributed by atoms with Crippen molar-refractivity contribution in [1.29, 1.82) is 0 Å².